The number of aryl methyl sites for hydroxylation is 1. The van der Waals surface area contributed by atoms with Crippen molar-refractivity contribution in [3.8, 4) is 5.75 Å². The van der Waals surface area contributed by atoms with Gasteiger partial charge in [0.25, 0.3) is 0 Å². The van der Waals surface area contributed by atoms with E-state index < -0.39 is 11.6 Å². The lowest BCUT2D eigenvalue weighted by Gasteiger charge is -2.22. The van der Waals surface area contributed by atoms with Crippen LogP contribution >= 0.6 is 27.5 Å². The van der Waals surface area contributed by atoms with Crippen LogP contribution in [0.1, 0.15) is 37.4 Å². The van der Waals surface area contributed by atoms with Gasteiger partial charge in [-0.2, -0.15) is 0 Å². The molecule has 11 heteroatoms. The summed E-state index contributed by atoms with van der Waals surface area (Å²) >= 11 is 9.88. The van der Waals surface area contributed by atoms with Gasteiger partial charge >= 0.3 is 0 Å². The van der Waals surface area contributed by atoms with Crippen molar-refractivity contribution in [2.45, 2.75) is 57.3 Å². The van der Waals surface area contributed by atoms with E-state index in [9.17, 15) is 4.39 Å². The van der Waals surface area contributed by atoms with Crippen molar-refractivity contribution >= 4 is 55.3 Å². The topological polar surface area (TPSA) is 83.3 Å². The van der Waals surface area contributed by atoms with Crippen LogP contribution < -0.4 is 10.1 Å². The third-order valence-electron chi connectivity index (χ3n) is 8.21. The maximum Gasteiger partial charge on any atom is 0.164 e. The second kappa shape index (κ2) is 11.4. The van der Waals surface area contributed by atoms with Crippen LogP contribution in [0.2, 0.25) is 5.15 Å². The summed E-state index contributed by atoms with van der Waals surface area (Å²) in [4.78, 5) is 13.2. The van der Waals surface area contributed by atoms with Gasteiger partial charge in [-0.1, -0.05) is 41.9 Å². The molecule has 4 heterocycles. The van der Waals surface area contributed by atoms with Gasteiger partial charge in [0.1, 0.15) is 40.9 Å². The van der Waals surface area contributed by atoms with Crippen molar-refractivity contribution in [3.63, 3.8) is 0 Å². The lowest BCUT2D eigenvalue weighted by molar-refractivity contribution is -0.147. The summed E-state index contributed by atoms with van der Waals surface area (Å²) in [6.45, 7) is 4.44. The molecule has 1 fully saturated rings. The zero-order valence-corrected chi connectivity index (χ0v) is 26.7. The first kappa shape index (κ1) is 29.2. The van der Waals surface area contributed by atoms with Crippen molar-refractivity contribution in [2.24, 2.45) is 0 Å². The first-order chi connectivity index (χ1) is 21.2. The van der Waals surface area contributed by atoms with E-state index in [2.05, 4.69) is 61.6 Å². The molecule has 0 radical (unpaired) electrons. The minimum Gasteiger partial charge on any atom is -0.497 e. The first-order valence-electron chi connectivity index (χ1n) is 14.4. The van der Waals surface area contributed by atoms with E-state index in [0.29, 0.717) is 12.2 Å². The predicted molar refractivity (Wildman–Crippen MR) is 172 cm³/mol. The molecule has 7 rings (SSSR count). The predicted octanol–water partition coefficient (Wildman–Crippen LogP) is 7.79. The summed E-state index contributed by atoms with van der Waals surface area (Å²) in [6, 6.07) is 16.1. The third-order valence-corrected chi connectivity index (χ3v) is 9.10. The molecule has 3 atom stereocenters. The van der Waals surface area contributed by atoms with Crippen LogP contribution in [0.25, 0.3) is 21.9 Å². The average Bonchev–Trinajstić information content (AvgIpc) is 3.63. The lowest BCUT2D eigenvalue weighted by atomic mass is 10.0. The fraction of sp³-hybridized carbons (Fsp3) is 0.303. The third kappa shape index (κ3) is 5.45. The average molecular weight is 679 g/mol. The second-order valence-electron chi connectivity index (χ2n) is 11.5. The Morgan fingerprint density at radius 2 is 1.86 bits per heavy atom. The highest BCUT2D eigenvalue weighted by Gasteiger charge is 2.50. The van der Waals surface area contributed by atoms with Crippen LogP contribution in [0.3, 0.4) is 0 Å². The molecule has 8 nitrogen and oxygen atoms in total. The number of methoxy groups -OCH3 is 1. The molecule has 44 heavy (non-hydrogen) atoms. The Labute approximate surface area is 267 Å². The standard InChI is InChI=1S/C33H30BrClFN5O3/c1-33(2)43-28-21(14-26(29(28)44-33)41-16-24(36)27-30(35)38-17-39-32(27)41)9-5-18-4-8-20-13-23(34)31(40-25(20)12-18)37-15-19-6-10-22(42-3)11-7-19/h4,6-8,10-14,16-17,26,28-29H,5,9,15H2,1-3H3,(H,37,40)/t26-,28-,29+/m1/s1. The summed E-state index contributed by atoms with van der Waals surface area (Å²) in [6.07, 6.45) is 5.85. The van der Waals surface area contributed by atoms with Crippen molar-refractivity contribution in [1.29, 1.82) is 0 Å². The van der Waals surface area contributed by atoms with E-state index in [1.54, 1.807) is 11.7 Å². The van der Waals surface area contributed by atoms with E-state index in [0.717, 1.165) is 56.5 Å². The van der Waals surface area contributed by atoms with E-state index in [-0.39, 0.29) is 28.8 Å². The Kier molecular flexibility index (Phi) is 7.56. The zero-order chi connectivity index (χ0) is 30.6. The van der Waals surface area contributed by atoms with Crippen molar-refractivity contribution < 1.29 is 18.6 Å². The van der Waals surface area contributed by atoms with Crippen molar-refractivity contribution in [1.82, 2.24) is 19.5 Å². The molecular weight excluding hydrogens is 649 g/mol. The molecular formula is C33H30BrClFN5O3. The number of nitrogens with one attached hydrogen (secondary N) is 1. The molecule has 2 aromatic carbocycles. The minimum atomic E-state index is -0.767. The number of ether oxygens (including phenoxy) is 3. The summed E-state index contributed by atoms with van der Waals surface area (Å²) in [5.74, 6) is 0.378. The van der Waals surface area contributed by atoms with Crippen LogP contribution in [0.4, 0.5) is 10.2 Å². The number of fused-ring (bicyclic) bond motifs is 3. The number of halogens is 3. The van der Waals surface area contributed by atoms with Crippen molar-refractivity contribution in [2.75, 3.05) is 12.4 Å². The van der Waals surface area contributed by atoms with Gasteiger partial charge < -0.3 is 24.1 Å². The fourth-order valence-electron chi connectivity index (χ4n) is 6.11. The lowest BCUT2D eigenvalue weighted by Crippen LogP contribution is -2.28. The molecule has 1 N–H and O–H groups in total. The maximum atomic E-state index is 14.9. The largest absolute Gasteiger partial charge is 0.497 e. The molecule has 0 amide bonds. The normalized spacial score (nSPS) is 20.7. The summed E-state index contributed by atoms with van der Waals surface area (Å²) in [5, 5.41) is 4.79. The Morgan fingerprint density at radius 3 is 2.66 bits per heavy atom. The van der Waals surface area contributed by atoms with Gasteiger partial charge in [0.2, 0.25) is 0 Å². The van der Waals surface area contributed by atoms with E-state index in [1.165, 1.54) is 12.5 Å². The number of nitrogens with zero attached hydrogens (tertiary/aromatic N) is 4. The summed E-state index contributed by atoms with van der Waals surface area (Å²) < 4.78 is 35.6. The molecule has 5 aromatic rings. The first-order valence-corrected chi connectivity index (χ1v) is 15.5. The molecule has 1 saturated heterocycles. The van der Waals surface area contributed by atoms with Gasteiger partial charge in [0.15, 0.2) is 11.6 Å². The van der Waals surface area contributed by atoms with Crippen molar-refractivity contribution in [3.05, 3.63) is 99.3 Å². The van der Waals surface area contributed by atoms with Crippen LogP contribution in [0.15, 0.2) is 77.2 Å². The molecule has 0 saturated carbocycles. The molecule has 226 valence electrons. The molecule has 0 unspecified atom stereocenters. The molecule has 1 aliphatic heterocycles. The molecule has 0 bridgehead atoms. The number of hydrogen-bond donors (Lipinski definition) is 1. The number of anilines is 1. The van der Waals surface area contributed by atoms with Crippen LogP contribution in [-0.4, -0.2) is 44.6 Å². The highest BCUT2D eigenvalue weighted by atomic mass is 79.9. The summed E-state index contributed by atoms with van der Waals surface area (Å²) in [5.41, 5.74) is 4.73. The minimum absolute atomic E-state index is 0.0879. The van der Waals surface area contributed by atoms with Gasteiger partial charge in [0, 0.05) is 18.1 Å². The number of rotatable bonds is 8. The molecule has 2 aliphatic rings. The van der Waals surface area contributed by atoms with Gasteiger partial charge in [-0.05, 0) is 83.6 Å². The molecule has 0 spiro atoms. The highest BCUT2D eigenvalue weighted by Crippen LogP contribution is 2.46. The van der Waals surface area contributed by atoms with E-state index in [1.807, 2.05) is 38.1 Å². The van der Waals surface area contributed by atoms with E-state index in [4.69, 9.17) is 30.8 Å². The quantitative estimate of drug-likeness (QED) is 0.133. The molecule has 1 aliphatic carbocycles. The number of pyridine rings is 1. The smallest absolute Gasteiger partial charge is 0.164 e. The van der Waals surface area contributed by atoms with Crippen LogP contribution in [0.5, 0.6) is 5.75 Å². The Bertz CT molecular complexity index is 1910. The number of hydrogen-bond acceptors (Lipinski definition) is 7. The highest BCUT2D eigenvalue weighted by molar-refractivity contribution is 9.10. The van der Waals surface area contributed by atoms with Gasteiger partial charge in [-0.25, -0.2) is 19.3 Å². The fourth-order valence-corrected chi connectivity index (χ4v) is 6.81. The number of aromatic nitrogens is 4. The Balaban J connectivity index is 1.12. The maximum absolute atomic E-state index is 14.9. The van der Waals surface area contributed by atoms with Gasteiger partial charge in [0.05, 0.1) is 28.5 Å². The SMILES string of the molecule is COc1ccc(CNc2nc3cc(CCC4=C[C@@H](n5cc(F)c6c(Cl)ncnc65)[C@@H]5OC(C)(C)O[C@H]45)ccc3cc2Br)cc1. The molecule has 3 aromatic heterocycles. The van der Waals surface area contributed by atoms with Gasteiger partial charge in [-0.3, -0.25) is 0 Å². The Hall–Kier alpha value is -3.57. The monoisotopic (exact) mass is 677 g/mol. The van der Waals surface area contributed by atoms with Crippen LogP contribution in [-0.2, 0) is 22.4 Å². The second-order valence-corrected chi connectivity index (χ2v) is 12.8. The zero-order valence-electron chi connectivity index (χ0n) is 24.4. The van der Waals surface area contributed by atoms with Gasteiger partial charge in [-0.15, -0.1) is 0 Å². The van der Waals surface area contributed by atoms with E-state index >= 15 is 0 Å². The Morgan fingerprint density at radius 1 is 1.07 bits per heavy atom. The van der Waals surface area contributed by atoms with Crippen LogP contribution in [0, 0.1) is 5.82 Å². The summed E-state index contributed by atoms with van der Waals surface area (Å²) in [7, 11) is 1.66. The number of benzene rings is 2.